The molecule has 1 aliphatic rings. The average molecular weight is 394 g/mol. The smallest absolute Gasteiger partial charge is 0.212 e. The van der Waals surface area contributed by atoms with E-state index in [4.69, 9.17) is 10.5 Å². The van der Waals surface area contributed by atoms with Crippen molar-refractivity contribution < 1.29 is 0 Å². The van der Waals surface area contributed by atoms with E-state index in [9.17, 15) is 0 Å². The highest BCUT2D eigenvalue weighted by Crippen LogP contribution is 2.08. The Kier molecular flexibility index (Phi) is 7.54. The predicted molar refractivity (Wildman–Crippen MR) is 120 cm³/mol. The fraction of sp³-hybridized carbons (Fsp3) is 0.167. The van der Waals surface area contributed by atoms with Crippen LogP contribution >= 0.6 is 0 Å². The molecule has 2 aromatic carbocycles. The van der Waals surface area contributed by atoms with Crippen molar-refractivity contribution in [2.24, 2.45) is 10.1 Å². The third kappa shape index (κ3) is 6.47. The maximum atomic E-state index is 8.93. The summed E-state index contributed by atoms with van der Waals surface area (Å²) in [4.78, 5) is 4.45. The molecule has 0 saturated heterocycles. The first kappa shape index (κ1) is 20.6. The molecule has 0 bridgehead atoms. The zero-order valence-corrected chi connectivity index (χ0v) is 16.5. The van der Waals surface area contributed by atoms with E-state index >= 15 is 0 Å². The lowest BCUT2D eigenvalue weighted by molar-refractivity contribution is 0.745. The van der Waals surface area contributed by atoms with Gasteiger partial charge >= 0.3 is 0 Å². The lowest BCUT2D eigenvalue weighted by Gasteiger charge is -2.06. The second-order valence-electron chi connectivity index (χ2n) is 6.65. The largest absolute Gasteiger partial charge is 0.355 e. The minimum absolute atomic E-state index is 0.626. The van der Waals surface area contributed by atoms with Crippen LogP contribution < -0.4 is 10.7 Å². The van der Waals surface area contributed by atoms with Crippen LogP contribution in [0.3, 0.4) is 0 Å². The van der Waals surface area contributed by atoms with Gasteiger partial charge < -0.3 is 5.32 Å². The number of guanidine groups is 1. The molecule has 2 aromatic rings. The fourth-order valence-electron chi connectivity index (χ4n) is 2.71. The van der Waals surface area contributed by atoms with Gasteiger partial charge in [0.15, 0.2) is 0 Å². The van der Waals surface area contributed by atoms with E-state index in [-0.39, 0.29) is 0 Å². The van der Waals surface area contributed by atoms with Crippen LogP contribution in [0.25, 0.3) is 12.2 Å². The van der Waals surface area contributed by atoms with Crippen LogP contribution in [0.1, 0.15) is 35.1 Å². The molecule has 6 heteroatoms. The first-order valence-corrected chi connectivity index (χ1v) is 9.75. The highest BCUT2D eigenvalue weighted by molar-refractivity contribution is 6.09. The Morgan fingerprint density at radius 1 is 0.900 bits per heavy atom. The van der Waals surface area contributed by atoms with E-state index in [0.29, 0.717) is 22.8 Å². The van der Waals surface area contributed by atoms with Crippen molar-refractivity contribution in [3.63, 3.8) is 0 Å². The number of nitrogens with zero attached hydrogens (tertiary/aromatic N) is 4. The first-order chi connectivity index (χ1) is 14.8. The summed E-state index contributed by atoms with van der Waals surface area (Å²) in [6.45, 7) is 1.65. The van der Waals surface area contributed by atoms with Crippen LogP contribution in [0.15, 0.2) is 70.8 Å². The molecule has 3 rings (SSSR count). The van der Waals surface area contributed by atoms with Gasteiger partial charge in [-0.05, 0) is 60.4 Å². The second kappa shape index (κ2) is 11.0. The predicted octanol–water partition coefficient (Wildman–Crippen LogP) is 3.84. The quantitative estimate of drug-likeness (QED) is 0.595. The van der Waals surface area contributed by atoms with E-state index < -0.39 is 0 Å². The molecular formula is C24H22N6. The number of nitriles is 2. The molecule has 0 aliphatic carbocycles. The maximum Gasteiger partial charge on any atom is 0.212 e. The van der Waals surface area contributed by atoms with E-state index in [1.165, 1.54) is 0 Å². The Bertz CT molecular complexity index is 975. The van der Waals surface area contributed by atoms with Gasteiger partial charge in [0.25, 0.3) is 0 Å². The Morgan fingerprint density at radius 2 is 1.47 bits per heavy atom. The Hall–Kier alpha value is -4.16. The summed E-state index contributed by atoms with van der Waals surface area (Å²) in [5, 5.41) is 25.6. The van der Waals surface area contributed by atoms with Gasteiger partial charge in [-0.25, -0.2) is 5.43 Å². The second-order valence-corrected chi connectivity index (χ2v) is 6.65. The minimum atomic E-state index is 0.626. The van der Waals surface area contributed by atoms with Crippen LogP contribution in [0.5, 0.6) is 0 Å². The SMILES string of the molecule is N#Cc1ccc(/C=C/C(/C=C/c2ccc(C#N)cc2)=NNC2=NCCCCN2)cc1. The number of allylic oxidation sites excluding steroid dienone is 2. The normalized spacial score (nSPS) is 13.6. The zero-order chi connectivity index (χ0) is 21.0. The van der Waals surface area contributed by atoms with Gasteiger partial charge in [-0.15, -0.1) is 0 Å². The zero-order valence-electron chi connectivity index (χ0n) is 16.5. The van der Waals surface area contributed by atoms with Crippen molar-refractivity contribution in [2.45, 2.75) is 12.8 Å². The number of hydrazone groups is 1. The molecule has 1 aliphatic heterocycles. The molecular weight excluding hydrogens is 372 g/mol. The van der Waals surface area contributed by atoms with Gasteiger partial charge in [-0.1, -0.05) is 36.4 Å². The van der Waals surface area contributed by atoms with E-state index in [1.54, 1.807) is 24.3 Å². The van der Waals surface area contributed by atoms with Gasteiger partial charge in [0.2, 0.25) is 5.96 Å². The third-order valence-corrected chi connectivity index (χ3v) is 4.41. The van der Waals surface area contributed by atoms with Gasteiger partial charge in [-0.3, -0.25) is 4.99 Å². The highest BCUT2D eigenvalue weighted by atomic mass is 15.4. The molecule has 6 nitrogen and oxygen atoms in total. The Balaban J connectivity index is 1.78. The maximum absolute atomic E-state index is 8.93. The average Bonchev–Trinajstić information content (AvgIpc) is 3.08. The summed E-state index contributed by atoms with van der Waals surface area (Å²) in [5.41, 5.74) is 6.91. The summed E-state index contributed by atoms with van der Waals surface area (Å²) >= 11 is 0. The van der Waals surface area contributed by atoms with E-state index in [0.717, 1.165) is 37.1 Å². The molecule has 30 heavy (non-hydrogen) atoms. The topological polar surface area (TPSA) is 96.4 Å². The Labute approximate surface area is 176 Å². The molecule has 0 atom stereocenters. The van der Waals surface area contributed by atoms with Crippen molar-refractivity contribution in [1.82, 2.24) is 10.7 Å². The number of hydrogen-bond donors (Lipinski definition) is 2. The summed E-state index contributed by atoms with van der Waals surface area (Å²) < 4.78 is 0. The van der Waals surface area contributed by atoms with E-state index in [1.807, 2.05) is 48.6 Å². The molecule has 0 spiro atoms. The molecule has 1 heterocycles. The van der Waals surface area contributed by atoms with Gasteiger partial charge in [0.05, 0.1) is 29.0 Å². The third-order valence-electron chi connectivity index (χ3n) is 4.41. The van der Waals surface area contributed by atoms with Crippen molar-refractivity contribution in [2.75, 3.05) is 13.1 Å². The van der Waals surface area contributed by atoms with E-state index in [2.05, 4.69) is 33.0 Å². The molecule has 0 saturated carbocycles. The Morgan fingerprint density at radius 3 is 2.00 bits per heavy atom. The van der Waals surface area contributed by atoms with Crippen LogP contribution in [0.4, 0.5) is 0 Å². The number of nitrogens with one attached hydrogen (secondary N) is 2. The van der Waals surface area contributed by atoms with Crippen LogP contribution in [0, 0.1) is 22.7 Å². The molecule has 0 fully saturated rings. The number of aliphatic imine (C=N–C) groups is 1. The highest BCUT2D eigenvalue weighted by Gasteiger charge is 2.01. The number of hydrogen-bond acceptors (Lipinski definition) is 6. The monoisotopic (exact) mass is 394 g/mol. The lowest BCUT2D eigenvalue weighted by atomic mass is 10.1. The fourth-order valence-corrected chi connectivity index (χ4v) is 2.71. The standard InChI is InChI=1S/C24H22N6/c25-17-21-7-3-19(4-8-21)11-13-23(29-30-24-27-15-1-2-16-28-24)14-12-20-5-9-22(18-26)10-6-20/h3-14H,1-2,15-16H2,(H2,27,28,30)/b13-11+,14-12+. The molecule has 0 aromatic heterocycles. The van der Waals surface area contributed by atoms with Crippen LogP contribution in [-0.4, -0.2) is 24.8 Å². The summed E-state index contributed by atoms with van der Waals surface area (Å²) in [7, 11) is 0. The first-order valence-electron chi connectivity index (χ1n) is 9.75. The number of rotatable bonds is 5. The summed E-state index contributed by atoms with van der Waals surface area (Å²) in [6, 6.07) is 18.9. The van der Waals surface area contributed by atoms with Crippen molar-refractivity contribution in [1.29, 1.82) is 10.5 Å². The molecule has 2 N–H and O–H groups in total. The number of benzene rings is 2. The lowest BCUT2D eigenvalue weighted by Crippen LogP contribution is -2.34. The molecule has 148 valence electrons. The van der Waals surface area contributed by atoms with Crippen molar-refractivity contribution >= 4 is 23.8 Å². The van der Waals surface area contributed by atoms with Crippen LogP contribution in [0.2, 0.25) is 0 Å². The summed E-state index contributed by atoms with van der Waals surface area (Å²) in [6.07, 6.45) is 9.81. The minimum Gasteiger partial charge on any atom is -0.355 e. The van der Waals surface area contributed by atoms with Crippen LogP contribution in [-0.2, 0) is 0 Å². The molecule has 0 amide bonds. The van der Waals surface area contributed by atoms with Gasteiger partial charge in [0.1, 0.15) is 0 Å². The van der Waals surface area contributed by atoms with Crippen molar-refractivity contribution in [3.8, 4) is 12.1 Å². The molecule has 0 unspecified atom stereocenters. The molecule has 0 radical (unpaired) electrons. The van der Waals surface area contributed by atoms with Gasteiger partial charge in [0, 0.05) is 13.1 Å². The van der Waals surface area contributed by atoms with Crippen molar-refractivity contribution in [3.05, 3.63) is 82.9 Å². The van der Waals surface area contributed by atoms with Gasteiger partial charge in [-0.2, -0.15) is 15.6 Å². The summed E-state index contributed by atoms with van der Waals surface area (Å²) in [5.74, 6) is 0.670.